The van der Waals surface area contributed by atoms with Crippen molar-refractivity contribution in [2.75, 3.05) is 11.9 Å². The number of benzene rings is 1. The fourth-order valence-corrected chi connectivity index (χ4v) is 3.17. The number of rotatable bonds is 8. The van der Waals surface area contributed by atoms with Crippen LogP contribution in [0, 0.1) is 5.92 Å². The summed E-state index contributed by atoms with van der Waals surface area (Å²) in [6.07, 6.45) is 2.55. The third-order valence-corrected chi connectivity index (χ3v) is 4.87. The third-order valence-electron chi connectivity index (χ3n) is 3.39. The number of sulfonamides is 1. The Morgan fingerprint density at radius 3 is 2.43 bits per heavy atom. The van der Waals surface area contributed by atoms with Gasteiger partial charge >= 0.3 is 5.97 Å². The summed E-state index contributed by atoms with van der Waals surface area (Å²) in [5.74, 6) is -0.712. The number of aliphatic carboxylic acids is 1. The average Bonchev–Trinajstić information content (AvgIpc) is 3.27. The Bertz CT molecular complexity index is 594. The zero-order valence-corrected chi connectivity index (χ0v) is 12.7. The Morgan fingerprint density at radius 1 is 1.33 bits per heavy atom. The van der Waals surface area contributed by atoms with Crippen LogP contribution in [0.2, 0.25) is 0 Å². The van der Waals surface area contributed by atoms with Crippen LogP contribution in [0.1, 0.15) is 26.2 Å². The number of carboxylic acids is 1. The Hall–Kier alpha value is -1.60. The first-order valence-corrected chi connectivity index (χ1v) is 8.51. The molecule has 2 rings (SSSR count). The van der Waals surface area contributed by atoms with E-state index in [1.807, 2.05) is 6.92 Å². The highest BCUT2D eigenvalue weighted by molar-refractivity contribution is 7.89. The van der Waals surface area contributed by atoms with E-state index in [9.17, 15) is 13.2 Å². The predicted molar refractivity (Wildman–Crippen MR) is 79.7 cm³/mol. The smallest absolute Gasteiger partial charge is 0.326 e. The molecule has 1 fully saturated rings. The number of anilines is 1. The van der Waals surface area contributed by atoms with Gasteiger partial charge in [-0.15, -0.1) is 0 Å². The van der Waals surface area contributed by atoms with Gasteiger partial charge in [0.1, 0.15) is 6.04 Å². The fourth-order valence-electron chi connectivity index (χ4n) is 2.04. The minimum Gasteiger partial charge on any atom is -0.480 e. The van der Waals surface area contributed by atoms with Gasteiger partial charge in [0.2, 0.25) is 10.0 Å². The molecule has 0 aromatic heterocycles. The van der Waals surface area contributed by atoms with Crippen molar-refractivity contribution in [1.82, 2.24) is 4.72 Å². The van der Waals surface area contributed by atoms with Crippen LogP contribution in [-0.2, 0) is 14.8 Å². The number of hydrogen-bond donors (Lipinski definition) is 3. The van der Waals surface area contributed by atoms with Crippen LogP contribution in [0.5, 0.6) is 0 Å². The van der Waals surface area contributed by atoms with Crippen molar-refractivity contribution in [3.8, 4) is 0 Å². The van der Waals surface area contributed by atoms with Crippen LogP contribution in [-0.4, -0.2) is 32.1 Å². The van der Waals surface area contributed by atoms with E-state index >= 15 is 0 Å². The normalized spacial score (nSPS) is 16.4. The van der Waals surface area contributed by atoms with Gasteiger partial charge in [0.25, 0.3) is 0 Å². The lowest BCUT2D eigenvalue weighted by molar-refractivity contribution is -0.138. The first kappa shape index (κ1) is 15.8. The van der Waals surface area contributed by atoms with Gasteiger partial charge in [-0.3, -0.25) is 0 Å². The van der Waals surface area contributed by atoms with Crippen molar-refractivity contribution < 1.29 is 18.3 Å². The first-order chi connectivity index (χ1) is 9.94. The van der Waals surface area contributed by atoms with Crippen molar-refractivity contribution in [2.24, 2.45) is 5.92 Å². The summed E-state index contributed by atoms with van der Waals surface area (Å²) in [4.78, 5) is 11.3. The molecule has 3 N–H and O–H groups in total. The highest BCUT2D eigenvalue weighted by Crippen LogP contribution is 2.34. The second kappa shape index (κ2) is 6.44. The van der Waals surface area contributed by atoms with Gasteiger partial charge in [0, 0.05) is 12.2 Å². The lowest BCUT2D eigenvalue weighted by Gasteiger charge is -2.15. The van der Waals surface area contributed by atoms with Crippen LogP contribution < -0.4 is 10.0 Å². The van der Waals surface area contributed by atoms with Crippen molar-refractivity contribution in [1.29, 1.82) is 0 Å². The minimum atomic E-state index is -3.48. The second-order valence-electron chi connectivity index (χ2n) is 5.22. The molecule has 21 heavy (non-hydrogen) atoms. The van der Waals surface area contributed by atoms with Gasteiger partial charge < -0.3 is 10.4 Å². The van der Waals surface area contributed by atoms with E-state index in [-0.39, 0.29) is 10.8 Å². The maximum atomic E-state index is 11.9. The van der Waals surface area contributed by atoms with Crippen LogP contribution in [0.4, 0.5) is 5.69 Å². The Kier molecular flexibility index (Phi) is 4.84. The molecule has 7 heteroatoms. The minimum absolute atomic E-state index is 0.164. The van der Waals surface area contributed by atoms with Crippen LogP contribution in [0.25, 0.3) is 0 Å². The monoisotopic (exact) mass is 312 g/mol. The standard InChI is InChI=1S/C14H20N2O4S/c1-2-9-15-21(19,20)12-7-5-11(6-8-12)16-13(14(17)18)10-3-4-10/h5-8,10,13,15-16H,2-4,9H2,1H3,(H,17,18). The Morgan fingerprint density at radius 2 is 1.95 bits per heavy atom. The van der Waals surface area contributed by atoms with Gasteiger partial charge in [0.15, 0.2) is 0 Å². The van der Waals surface area contributed by atoms with E-state index in [4.69, 9.17) is 5.11 Å². The maximum absolute atomic E-state index is 11.9. The second-order valence-corrected chi connectivity index (χ2v) is 6.99. The van der Waals surface area contributed by atoms with E-state index < -0.39 is 22.0 Å². The molecule has 0 bridgehead atoms. The van der Waals surface area contributed by atoms with Gasteiger partial charge in [-0.1, -0.05) is 6.92 Å². The lowest BCUT2D eigenvalue weighted by Crippen LogP contribution is -2.31. The maximum Gasteiger partial charge on any atom is 0.326 e. The van der Waals surface area contributed by atoms with Gasteiger partial charge in [0.05, 0.1) is 4.90 Å². The molecule has 1 aromatic carbocycles. The molecule has 1 saturated carbocycles. The third kappa shape index (κ3) is 4.18. The molecule has 0 saturated heterocycles. The van der Waals surface area contributed by atoms with E-state index in [0.717, 1.165) is 19.3 Å². The Labute approximate surface area is 124 Å². The molecule has 6 nitrogen and oxygen atoms in total. The van der Waals surface area contributed by atoms with Crippen molar-refractivity contribution in [2.45, 2.75) is 37.1 Å². The largest absolute Gasteiger partial charge is 0.480 e. The summed E-state index contributed by atoms with van der Waals surface area (Å²) in [6.45, 7) is 2.28. The molecule has 1 aromatic rings. The summed E-state index contributed by atoms with van der Waals surface area (Å²) in [7, 11) is -3.48. The van der Waals surface area contributed by atoms with Crippen LogP contribution in [0.15, 0.2) is 29.2 Å². The summed E-state index contributed by atoms with van der Waals surface area (Å²) in [5, 5.41) is 12.1. The predicted octanol–water partition coefficient (Wildman–Crippen LogP) is 1.65. The first-order valence-electron chi connectivity index (χ1n) is 7.03. The fraction of sp³-hybridized carbons (Fsp3) is 0.500. The topological polar surface area (TPSA) is 95.5 Å². The molecule has 0 spiro atoms. The van der Waals surface area contributed by atoms with Crippen LogP contribution >= 0.6 is 0 Å². The highest BCUT2D eigenvalue weighted by Gasteiger charge is 2.36. The molecule has 0 aliphatic heterocycles. The quantitative estimate of drug-likeness (QED) is 0.678. The molecule has 1 unspecified atom stereocenters. The zero-order chi connectivity index (χ0) is 15.5. The lowest BCUT2D eigenvalue weighted by atomic mass is 10.1. The number of hydrogen-bond acceptors (Lipinski definition) is 4. The van der Waals surface area contributed by atoms with E-state index in [0.29, 0.717) is 12.2 Å². The summed E-state index contributed by atoms with van der Waals surface area (Å²) in [5.41, 5.74) is 0.615. The van der Waals surface area contributed by atoms with E-state index in [2.05, 4.69) is 10.0 Å². The molecule has 116 valence electrons. The van der Waals surface area contributed by atoms with Crippen molar-refractivity contribution in [3.63, 3.8) is 0 Å². The molecule has 1 atom stereocenters. The van der Waals surface area contributed by atoms with Crippen molar-refractivity contribution >= 4 is 21.7 Å². The molecule has 0 amide bonds. The molecule has 1 aliphatic carbocycles. The average molecular weight is 312 g/mol. The molecule has 0 heterocycles. The zero-order valence-electron chi connectivity index (χ0n) is 11.9. The van der Waals surface area contributed by atoms with Crippen molar-refractivity contribution in [3.05, 3.63) is 24.3 Å². The molecular weight excluding hydrogens is 292 g/mol. The SMILES string of the molecule is CCCNS(=O)(=O)c1ccc(NC(C(=O)O)C2CC2)cc1. The molecule has 0 radical (unpaired) electrons. The number of carboxylic acid groups (broad SMARTS) is 1. The van der Waals surface area contributed by atoms with Gasteiger partial charge in [-0.25, -0.2) is 17.9 Å². The summed E-state index contributed by atoms with van der Waals surface area (Å²) >= 11 is 0. The van der Waals surface area contributed by atoms with Gasteiger partial charge in [-0.05, 0) is 49.4 Å². The summed E-state index contributed by atoms with van der Waals surface area (Å²) in [6, 6.07) is 5.54. The number of nitrogens with one attached hydrogen (secondary N) is 2. The van der Waals surface area contributed by atoms with Gasteiger partial charge in [-0.2, -0.15) is 0 Å². The van der Waals surface area contributed by atoms with E-state index in [1.54, 1.807) is 12.1 Å². The Balaban J connectivity index is 2.06. The van der Waals surface area contributed by atoms with E-state index in [1.165, 1.54) is 12.1 Å². The molecule has 1 aliphatic rings. The van der Waals surface area contributed by atoms with Crippen LogP contribution in [0.3, 0.4) is 0 Å². The molecular formula is C14H20N2O4S. The number of carbonyl (C=O) groups is 1. The highest BCUT2D eigenvalue weighted by atomic mass is 32.2. The summed E-state index contributed by atoms with van der Waals surface area (Å²) < 4.78 is 26.3.